The summed E-state index contributed by atoms with van der Waals surface area (Å²) in [5.74, 6) is -0.327. The molecule has 1 N–H and O–H groups in total. The van der Waals surface area contributed by atoms with E-state index in [1.54, 1.807) is 6.07 Å². The molecule has 3 aromatic rings. The summed E-state index contributed by atoms with van der Waals surface area (Å²) in [7, 11) is 1.38. The van der Waals surface area contributed by atoms with Crippen molar-refractivity contribution in [2.45, 2.75) is 19.9 Å². The molecule has 0 aliphatic heterocycles. The van der Waals surface area contributed by atoms with E-state index in [2.05, 4.69) is 35.7 Å². The van der Waals surface area contributed by atoms with Gasteiger partial charge in [0, 0.05) is 33.6 Å². The number of rotatable bonds is 4. The molecule has 0 aliphatic rings. The monoisotopic (exact) mass is 342 g/mol. The fourth-order valence-electron chi connectivity index (χ4n) is 2.73. The molecule has 0 saturated heterocycles. The van der Waals surface area contributed by atoms with Crippen LogP contribution in [0, 0.1) is 0 Å². The van der Waals surface area contributed by atoms with Gasteiger partial charge in [-0.3, -0.25) is 0 Å². The van der Waals surface area contributed by atoms with E-state index in [-0.39, 0.29) is 5.97 Å². The predicted molar refractivity (Wildman–Crippen MR) is 96.4 cm³/mol. The van der Waals surface area contributed by atoms with Crippen molar-refractivity contribution in [3.8, 4) is 10.4 Å². The van der Waals surface area contributed by atoms with Crippen molar-refractivity contribution < 1.29 is 14.7 Å². The van der Waals surface area contributed by atoms with Gasteiger partial charge in [0.05, 0.1) is 13.3 Å². The normalized spacial score (nSPS) is 11.7. The lowest BCUT2D eigenvalue weighted by Gasteiger charge is -2.09. The van der Waals surface area contributed by atoms with Crippen LogP contribution in [-0.4, -0.2) is 29.1 Å². The highest BCUT2D eigenvalue weighted by molar-refractivity contribution is 7.17. The summed E-state index contributed by atoms with van der Waals surface area (Å²) in [5.41, 5.74) is 2.94. The number of esters is 1. The minimum Gasteiger partial charge on any atom is -0.465 e. The van der Waals surface area contributed by atoms with Gasteiger partial charge in [0.15, 0.2) is 0 Å². The van der Waals surface area contributed by atoms with Crippen molar-refractivity contribution in [3.63, 3.8) is 0 Å². The zero-order chi connectivity index (χ0) is 17.3. The minimum absolute atomic E-state index is 0.298. The number of aromatic nitrogens is 1. The quantitative estimate of drug-likeness (QED) is 0.327. The molecular weight excluding hydrogens is 324 g/mol. The van der Waals surface area contributed by atoms with Gasteiger partial charge in [-0.2, -0.15) is 0 Å². The maximum Gasteiger partial charge on any atom is 0.348 e. The number of carbonyl (C=O) groups excluding carboxylic acids is 1. The summed E-state index contributed by atoms with van der Waals surface area (Å²) in [6.07, 6.45) is 3.42. The highest BCUT2D eigenvalue weighted by atomic mass is 32.1. The summed E-state index contributed by atoms with van der Waals surface area (Å²) in [4.78, 5) is 13.2. The van der Waals surface area contributed by atoms with Gasteiger partial charge in [0.1, 0.15) is 4.88 Å². The van der Waals surface area contributed by atoms with Gasteiger partial charge in [0.25, 0.3) is 0 Å². The standard InChI is InChI=1S/C18H18N2O3S/c1-11(2)20-10-13(9-19-22)14-8-12(4-5-15(14)20)16-6-7-17(24-16)18(21)23-3/h4-11,22H,1-3H3. The van der Waals surface area contributed by atoms with Gasteiger partial charge in [-0.05, 0) is 43.7 Å². The zero-order valence-electron chi connectivity index (χ0n) is 13.7. The van der Waals surface area contributed by atoms with Crippen molar-refractivity contribution in [2.24, 2.45) is 5.16 Å². The van der Waals surface area contributed by atoms with Crippen molar-refractivity contribution >= 4 is 34.4 Å². The Morgan fingerprint density at radius 3 is 2.79 bits per heavy atom. The Bertz CT molecular complexity index is 922. The molecule has 0 saturated carbocycles. The number of ether oxygens (including phenoxy) is 1. The SMILES string of the molecule is COC(=O)c1ccc(-c2ccc3c(c2)c(C=NO)cn3C(C)C)s1. The summed E-state index contributed by atoms with van der Waals surface area (Å²) < 4.78 is 6.90. The van der Waals surface area contributed by atoms with Crippen LogP contribution in [0.1, 0.15) is 35.1 Å². The highest BCUT2D eigenvalue weighted by Crippen LogP contribution is 2.33. The van der Waals surface area contributed by atoms with Gasteiger partial charge in [-0.25, -0.2) is 4.79 Å². The average Bonchev–Trinajstić information content (AvgIpc) is 3.19. The maximum atomic E-state index is 11.6. The number of benzene rings is 1. The molecule has 6 heteroatoms. The third-order valence-electron chi connectivity index (χ3n) is 3.89. The number of hydrogen-bond donors (Lipinski definition) is 1. The summed E-state index contributed by atoms with van der Waals surface area (Å²) in [5, 5.41) is 13.1. The van der Waals surface area contributed by atoms with Crippen LogP contribution in [0.2, 0.25) is 0 Å². The summed E-state index contributed by atoms with van der Waals surface area (Å²) in [6.45, 7) is 4.21. The Labute approximate surface area is 143 Å². The Morgan fingerprint density at radius 1 is 1.33 bits per heavy atom. The van der Waals surface area contributed by atoms with Crippen LogP contribution in [-0.2, 0) is 4.74 Å². The van der Waals surface area contributed by atoms with E-state index < -0.39 is 0 Å². The van der Waals surface area contributed by atoms with E-state index in [4.69, 9.17) is 9.94 Å². The predicted octanol–water partition coefficient (Wildman–Crippen LogP) is 4.55. The molecule has 0 fully saturated rings. The molecule has 2 heterocycles. The van der Waals surface area contributed by atoms with Crippen molar-refractivity contribution in [3.05, 3.63) is 47.0 Å². The Balaban J connectivity index is 2.12. The van der Waals surface area contributed by atoms with Crippen molar-refractivity contribution in [2.75, 3.05) is 7.11 Å². The van der Waals surface area contributed by atoms with E-state index in [1.807, 2.05) is 18.3 Å². The molecule has 0 unspecified atom stereocenters. The largest absolute Gasteiger partial charge is 0.465 e. The van der Waals surface area contributed by atoms with E-state index in [1.165, 1.54) is 24.7 Å². The number of thiophene rings is 1. The highest BCUT2D eigenvalue weighted by Gasteiger charge is 2.14. The third kappa shape index (κ3) is 2.80. The number of methoxy groups -OCH3 is 1. The lowest BCUT2D eigenvalue weighted by Crippen LogP contribution is -1.97. The molecule has 0 amide bonds. The van der Waals surface area contributed by atoms with Crippen molar-refractivity contribution in [1.29, 1.82) is 0 Å². The molecule has 1 aromatic carbocycles. The second-order valence-corrected chi connectivity index (χ2v) is 6.80. The smallest absolute Gasteiger partial charge is 0.348 e. The fraction of sp³-hybridized carbons (Fsp3) is 0.222. The maximum absolute atomic E-state index is 11.6. The van der Waals surface area contributed by atoms with Gasteiger partial charge in [-0.1, -0.05) is 11.2 Å². The molecule has 0 spiro atoms. The number of fused-ring (bicyclic) bond motifs is 1. The van der Waals surface area contributed by atoms with Gasteiger partial charge in [-0.15, -0.1) is 11.3 Å². The zero-order valence-corrected chi connectivity index (χ0v) is 14.5. The first-order valence-corrected chi connectivity index (χ1v) is 8.37. The number of oxime groups is 1. The first-order valence-electron chi connectivity index (χ1n) is 7.55. The molecule has 3 rings (SSSR count). The first-order chi connectivity index (χ1) is 11.5. The fourth-order valence-corrected chi connectivity index (χ4v) is 3.65. The topological polar surface area (TPSA) is 63.8 Å². The molecule has 0 aliphatic carbocycles. The summed E-state index contributed by atoms with van der Waals surface area (Å²) >= 11 is 1.40. The minimum atomic E-state index is -0.327. The van der Waals surface area contributed by atoms with Gasteiger partial charge >= 0.3 is 5.97 Å². The molecule has 124 valence electrons. The third-order valence-corrected chi connectivity index (χ3v) is 5.01. The summed E-state index contributed by atoms with van der Waals surface area (Å²) in [6, 6.07) is 10.1. The van der Waals surface area contributed by atoms with Crippen LogP contribution in [0.25, 0.3) is 21.3 Å². The Morgan fingerprint density at radius 2 is 2.12 bits per heavy atom. The molecule has 2 aromatic heterocycles. The lowest BCUT2D eigenvalue weighted by atomic mass is 10.1. The van der Waals surface area contributed by atoms with Crippen LogP contribution < -0.4 is 0 Å². The lowest BCUT2D eigenvalue weighted by molar-refractivity contribution is 0.0606. The molecule has 0 radical (unpaired) electrons. The first kappa shape index (κ1) is 16.3. The van der Waals surface area contributed by atoms with E-state index >= 15 is 0 Å². The van der Waals surface area contributed by atoms with Crippen molar-refractivity contribution in [1.82, 2.24) is 4.57 Å². The van der Waals surface area contributed by atoms with Gasteiger partial charge in [0.2, 0.25) is 0 Å². The van der Waals surface area contributed by atoms with Crippen LogP contribution in [0.15, 0.2) is 41.7 Å². The average molecular weight is 342 g/mol. The van der Waals surface area contributed by atoms with Gasteiger partial charge < -0.3 is 14.5 Å². The molecule has 0 atom stereocenters. The van der Waals surface area contributed by atoms with E-state index in [0.717, 1.165) is 26.9 Å². The van der Waals surface area contributed by atoms with E-state index in [9.17, 15) is 4.79 Å². The van der Waals surface area contributed by atoms with Crippen LogP contribution in [0.4, 0.5) is 0 Å². The molecule has 5 nitrogen and oxygen atoms in total. The Kier molecular flexibility index (Phi) is 4.40. The second-order valence-electron chi connectivity index (χ2n) is 5.72. The van der Waals surface area contributed by atoms with Crippen LogP contribution >= 0.6 is 11.3 Å². The molecular formula is C18H18N2O3S. The molecule has 24 heavy (non-hydrogen) atoms. The van der Waals surface area contributed by atoms with Crippen LogP contribution in [0.5, 0.6) is 0 Å². The van der Waals surface area contributed by atoms with E-state index in [0.29, 0.717) is 10.9 Å². The number of hydrogen-bond acceptors (Lipinski definition) is 5. The number of carbonyl (C=O) groups is 1. The Hall–Kier alpha value is -2.60. The second kappa shape index (κ2) is 6.49. The number of nitrogens with zero attached hydrogens (tertiary/aromatic N) is 2. The van der Waals surface area contributed by atoms with Crippen LogP contribution in [0.3, 0.4) is 0 Å². The molecule has 0 bridgehead atoms.